The van der Waals surface area contributed by atoms with Crippen molar-refractivity contribution in [1.29, 1.82) is 0 Å². The maximum Gasteiger partial charge on any atom is 0.343 e. The highest BCUT2D eigenvalue weighted by Gasteiger charge is 2.20. The van der Waals surface area contributed by atoms with Gasteiger partial charge in [0.25, 0.3) is 0 Å². The molecular formula is C21H18BrN3O3. The van der Waals surface area contributed by atoms with Gasteiger partial charge < -0.3 is 10.1 Å². The quantitative estimate of drug-likeness (QED) is 0.454. The number of carbonyl (C=O) groups is 2. The molecule has 142 valence electrons. The molecule has 0 aliphatic carbocycles. The van der Waals surface area contributed by atoms with E-state index in [-0.39, 0.29) is 23.9 Å². The minimum absolute atomic E-state index is 0.191. The van der Waals surface area contributed by atoms with Gasteiger partial charge in [-0.15, -0.1) is 0 Å². The third-order valence-electron chi connectivity index (χ3n) is 3.80. The zero-order valence-corrected chi connectivity index (χ0v) is 16.7. The molecule has 6 nitrogen and oxygen atoms in total. The topological polar surface area (TPSA) is 73.2 Å². The number of nitrogens with zero attached hydrogens (tertiary/aromatic N) is 2. The molecule has 1 aromatic heterocycles. The van der Waals surface area contributed by atoms with Crippen LogP contribution in [0.1, 0.15) is 22.8 Å². The number of para-hydroxylation sites is 1. The zero-order valence-electron chi connectivity index (χ0n) is 15.1. The minimum atomic E-state index is -0.545. The molecule has 0 spiro atoms. The maximum atomic E-state index is 12.5. The van der Waals surface area contributed by atoms with Crippen LogP contribution in [0.2, 0.25) is 0 Å². The lowest BCUT2D eigenvalue weighted by Gasteiger charge is -2.10. The van der Waals surface area contributed by atoms with Crippen molar-refractivity contribution in [2.24, 2.45) is 0 Å². The molecule has 0 radical (unpaired) electrons. The fraction of sp³-hybridized carbons (Fsp3) is 0.0952. The first kappa shape index (κ1) is 19.6. The predicted octanol–water partition coefficient (Wildman–Crippen LogP) is 4.46. The van der Waals surface area contributed by atoms with Gasteiger partial charge >= 0.3 is 5.97 Å². The van der Waals surface area contributed by atoms with Crippen molar-refractivity contribution in [2.45, 2.75) is 6.92 Å². The fourth-order valence-corrected chi connectivity index (χ4v) is 2.76. The van der Waals surface area contributed by atoms with Crippen molar-refractivity contribution < 1.29 is 14.3 Å². The van der Waals surface area contributed by atoms with Gasteiger partial charge in [-0.25, -0.2) is 9.48 Å². The van der Waals surface area contributed by atoms with Gasteiger partial charge in [0.2, 0.25) is 5.91 Å². The molecule has 28 heavy (non-hydrogen) atoms. The Morgan fingerprint density at radius 3 is 2.54 bits per heavy atom. The summed E-state index contributed by atoms with van der Waals surface area (Å²) in [4.78, 5) is 24.7. The lowest BCUT2D eigenvalue weighted by Crippen LogP contribution is -2.16. The Morgan fingerprint density at radius 1 is 1.14 bits per heavy atom. The zero-order chi connectivity index (χ0) is 19.9. The lowest BCUT2D eigenvalue weighted by molar-refractivity contribution is -0.111. The van der Waals surface area contributed by atoms with Crippen molar-refractivity contribution in [1.82, 2.24) is 9.78 Å². The van der Waals surface area contributed by atoms with E-state index in [2.05, 4.69) is 26.3 Å². The van der Waals surface area contributed by atoms with Gasteiger partial charge in [-0.1, -0.05) is 46.3 Å². The molecule has 0 aliphatic heterocycles. The molecule has 3 aromatic rings. The number of amides is 1. The maximum absolute atomic E-state index is 12.5. The number of hydrogen-bond acceptors (Lipinski definition) is 4. The van der Waals surface area contributed by atoms with Crippen LogP contribution in [-0.2, 0) is 9.53 Å². The van der Waals surface area contributed by atoms with E-state index in [1.807, 2.05) is 54.6 Å². The van der Waals surface area contributed by atoms with Gasteiger partial charge in [0.15, 0.2) is 5.82 Å². The third kappa shape index (κ3) is 4.75. The van der Waals surface area contributed by atoms with E-state index in [1.165, 1.54) is 17.0 Å². The van der Waals surface area contributed by atoms with E-state index >= 15 is 0 Å². The molecule has 0 bridgehead atoms. The second kappa shape index (κ2) is 9.14. The first-order chi connectivity index (χ1) is 13.6. The summed E-state index contributed by atoms with van der Waals surface area (Å²) in [6.07, 6.45) is 4.48. The SMILES string of the molecule is CCOC(=O)c1cnn(-c2ccccc2)c1NC(=O)C=Cc1ccc(Br)cc1. The molecule has 1 N–H and O–H groups in total. The van der Waals surface area contributed by atoms with Crippen LogP contribution >= 0.6 is 15.9 Å². The number of benzene rings is 2. The molecule has 1 heterocycles. The standard InChI is InChI=1S/C21H18BrN3O3/c1-2-28-21(27)18-14-23-25(17-6-4-3-5-7-17)20(18)24-19(26)13-10-15-8-11-16(22)12-9-15/h3-14H,2H2,1H3,(H,24,26). The summed E-state index contributed by atoms with van der Waals surface area (Å²) in [5, 5.41) is 6.99. The number of rotatable bonds is 6. The highest BCUT2D eigenvalue weighted by Crippen LogP contribution is 2.21. The van der Waals surface area contributed by atoms with Gasteiger partial charge in [-0.2, -0.15) is 5.10 Å². The number of hydrogen-bond donors (Lipinski definition) is 1. The summed E-state index contributed by atoms with van der Waals surface area (Å²) in [6.45, 7) is 1.95. The summed E-state index contributed by atoms with van der Waals surface area (Å²) in [5.74, 6) is -0.668. The molecule has 1 amide bonds. The van der Waals surface area contributed by atoms with Crippen LogP contribution in [0.5, 0.6) is 0 Å². The second-order valence-electron chi connectivity index (χ2n) is 5.75. The first-order valence-corrected chi connectivity index (χ1v) is 9.43. The Labute approximate surface area is 171 Å². The summed E-state index contributed by atoms with van der Waals surface area (Å²) in [5.41, 5.74) is 1.78. The molecule has 0 fully saturated rings. The van der Waals surface area contributed by atoms with Crippen LogP contribution in [0.25, 0.3) is 11.8 Å². The Kier molecular flexibility index (Phi) is 6.39. The molecule has 0 saturated carbocycles. The monoisotopic (exact) mass is 439 g/mol. The van der Waals surface area contributed by atoms with Crippen LogP contribution in [0.3, 0.4) is 0 Å². The molecule has 7 heteroatoms. The van der Waals surface area contributed by atoms with E-state index in [0.29, 0.717) is 5.69 Å². The highest BCUT2D eigenvalue weighted by molar-refractivity contribution is 9.10. The lowest BCUT2D eigenvalue weighted by atomic mass is 10.2. The van der Waals surface area contributed by atoms with Gasteiger partial charge in [0.1, 0.15) is 5.56 Å². The Balaban J connectivity index is 1.88. The number of carbonyl (C=O) groups excluding carboxylic acids is 2. The molecule has 0 atom stereocenters. The Morgan fingerprint density at radius 2 is 1.86 bits per heavy atom. The van der Waals surface area contributed by atoms with Crippen molar-refractivity contribution >= 4 is 39.7 Å². The van der Waals surface area contributed by atoms with Crippen LogP contribution in [0.15, 0.2) is 71.3 Å². The molecule has 3 rings (SSSR count). The molecule has 0 saturated heterocycles. The highest BCUT2D eigenvalue weighted by atomic mass is 79.9. The van der Waals surface area contributed by atoms with Crippen molar-refractivity contribution in [3.05, 3.63) is 82.5 Å². The summed E-state index contributed by atoms with van der Waals surface area (Å²) in [6, 6.07) is 16.8. The van der Waals surface area contributed by atoms with E-state index < -0.39 is 5.97 Å². The number of ether oxygens (including phenoxy) is 1. The molecule has 0 unspecified atom stereocenters. The average Bonchev–Trinajstić information content (AvgIpc) is 3.12. The Bertz CT molecular complexity index is 995. The van der Waals surface area contributed by atoms with Crippen LogP contribution in [0.4, 0.5) is 5.82 Å². The van der Waals surface area contributed by atoms with Crippen LogP contribution in [0, 0.1) is 0 Å². The van der Waals surface area contributed by atoms with Crippen LogP contribution in [-0.4, -0.2) is 28.3 Å². The third-order valence-corrected chi connectivity index (χ3v) is 4.33. The molecule has 0 aliphatic rings. The second-order valence-corrected chi connectivity index (χ2v) is 6.66. The van der Waals surface area contributed by atoms with Gasteiger partial charge in [-0.3, -0.25) is 4.79 Å². The molecule has 2 aromatic carbocycles. The predicted molar refractivity (Wildman–Crippen MR) is 111 cm³/mol. The number of esters is 1. The van der Waals surface area contributed by atoms with Crippen molar-refractivity contribution in [3.63, 3.8) is 0 Å². The van der Waals surface area contributed by atoms with Crippen LogP contribution < -0.4 is 5.32 Å². The minimum Gasteiger partial charge on any atom is -0.462 e. The molecular weight excluding hydrogens is 422 g/mol. The van der Waals surface area contributed by atoms with E-state index in [0.717, 1.165) is 10.0 Å². The number of nitrogens with one attached hydrogen (secondary N) is 1. The number of halogens is 1. The van der Waals surface area contributed by atoms with E-state index in [4.69, 9.17) is 4.74 Å². The number of aromatic nitrogens is 2. The van der Waals surface area contributed by atoms with Crippen molar-refractivity contribution in [2.75, 3.05) is 11.9 Å². The Hall–Kier alpha value is -3.19. The summed E-state index contributed by atoms with van der Waals surface area (Å²) in [7, 11) is 0. The number of anilines is 1. The first-order valence-electron chi connectivity index (χ1n) is 8.63. The van der Waals surface area contributed by atoms with E-state index in [9.17, 15) is 9.59 Å². The fourth-order valence-electron chi connectivity index (χ4n) is 2.50. The normalized spacial score (nSPS) is 10.8. The summed E-state index contributed by atoms with van der Waals surface area (Å²) >= 11 is 3.37. The smallest absolute Gasteiger partial charge is 0.343 e. The van der Waals surface area contributed by atoms with E-state index in [1.54, 1.807) is 13.0 Å². The van der Waals surface area contributed by atoms with Gasteiger partial charge in [0, 0.05) is 10.5 Å². The van der Waals surface area contributed by atoms with Gasteiger partial charge in [-0.05, 0) is 42.8 Å². The average molecular weight is 440 g/mol. The summed E-state index contributed by atoms with van der Waals surface area (Å²) < 4.78 is 7.53. The van der Waals surface area contributed by atoms with Gasteiger partial charge in [0.05, 0.1) is 18.5 Å². The largest absolute Gasteiger partial charge is 0.462 e. The van der Waals surface area contributed by atoms with Crippen molar-refractivity contribution in [3.8, 4) is 5.69 Å².